The second-order valence-electron chi connectivity index (χ2n) is 7.69. The van der Waals surface area contributed by atoms with Gasteiger partial charge in [-0.1, -0.05) is 23.4 Å². The number of halogens is 1. The van der Waals surface area contributed by atoms with Crippen LogP contribution in [0.5, 0.6) is 0 Å². The Morgan fingerprint density at radius 3 is 2.63 bits per heavy atom. The first-order valence-electron chi connectivity index (χ1n) is 10.8. The second kappa shape index (κ2) is 9.90. The molecule has 0 bridgehead atoms. The van der Waals surface area contributed by atoms with Crippen LogP contribution in [0.4, 0.5) is 10.1 Å². The van der Waals surface area contributed by atoms with E-state index in [0.29, 0.717) is 27.4 Å². The highest BCUT2D eigenvalue weighted by molar-refractivity contribution is 7.10. The number of anilines is 1. The standard InChI is InChI=1S/C25H20FN5O3S/c26-17-9-11-18(12-10-17)31(23(32)16-30-21-7-2-1-6-20(21)28-29-30)24(22-8-4-14-35-22)25(33)27-15-19-5-3-13-34-19/h1-14,24H,15-16H2,(H,27,33). The van der Waals surface area contributed by atoms with E-state index < -0.39 is 23.7 Å². The minimum absolute atomic E-state index is 0.160. The summed E-state index contributed by atoms with van der Waals surface area (Å²) < 4.78 is 20.5. The van der Waals surface area contributed by atoms with Gasteiger partial charge < -0.3 is 9.73 Å². The quantitative estimate of drug-likeness (QED) is 0.351. The van der Waals surface area contributed by atoms with E-state index in [1.807, 2.05) is 29.6 Å². The van der Waals surface area contributed by atoms with Gasteiger partial charge in [0.15, 0.2) is 0 Å². The summed E-state index contributed by atoms with van der Waals surface area (Å²) in [6, 6.07) is 18.9. The number of nitrogens with one attached hydrogen (secondary N) is 1. The molecule has 3 aromatic heterocycles. The zero-order valence-electron chi connectivity index (χ0n) is 18.4. The van der Waals surface area contributed by atoms with Crippen molar-refractivity contribution in [1.82, 2.24) is 20.3 Å². The molecule has 0 aliphatic heterocycles. The Morgan fingerprint density at radius 2 is 1.89 bits per heavy atom. The average molecular weight is 490 g/mol. The molecule has 8 nitrogen and oxygen atoms in total. The van der Waals surface area contributed by atoms with Crippen LogP contribution >= 0.6 is 11.3 Å². The maximum Gasteiger partial charge on any atom is 0.249 e. The highest BCUT2D eigenvalue weighted by Gasteiger charge is 2.34. The van der Waals surface area contributed by atoms with Crippen molar-refractivity contribution in [3.05, 3.63) is 101 Å². The van der Waals surface area contributed by atoms with Gasteiger partial charge in [0, 0.05) is 10.6 Å². The summed E-state index contributed by atoms with van der Waals surface area (Å²) in [6.07, 6.45) is 1.52. The number of nitrogens with zero attached hydrogens (tertiary/aromatic N) is 4. The van der Waals surface area contributed by atoms with Gasteiger partial charge in [0.1, 0.15) is 29.7 Å². The third-order valence-electron chi connectivity index (χ3n) is 5.41. The zero-order chi connectivity index (χ0) is 24.2. The predicted molar refractivity (Wildman–Crippen MR) is 129 cm³/mol. The molecule has 0 aliphatic carbocycles. The summed E-state index contributed by atoms with van der Waals surface area (Å²) in [5.74, 6) is -0.667. The van der Waals surface area contributed by atoms with Crippen LogP contribution in [-0.4, -0.2) is 26.8 Å². The van der Waals surface area contributed by atoms with Gasteiger partial charge >= 0.3 is 0 Å². The first-order chi connectivity index (χ1) is 17.1. The van der Waals surface area contributed by atoms with Gasteiger partial charge in [0.25, 0.3) is 0 Å². The minimum Gasteiger partial charge on any atom is -0.467 e. The molecule has 5 aromatic rings. The lowest BCUT2D eigenvalue weighted by Crippen LogP contribution is -2.44. The number of thiophene rings is 1. The van der Waals surface area contributed by atoms with Crippen LogP contribution in [0.3, 0.4) is 0 Å². The number of rotatable bonds is 8. The molecule has 2 amide bonds. The summed E-state index contributed by atoms with van der Waals surface area (Å²) in [6.45, 7) is -0.00189. The molecule has 1 unspecified atom stereocenters. The highest BCUT2D eigenvalue weighted by atomic mass is 32.1. The van der Waals surface area contributed by atoms with Gasteiger partial charge in [-0.15, -0.1) is 16.4 Å². The number of hydrogen-bond donors (Lipinski definition) is 1. The molecule has 5 rings (SSSR count). The Morgan fingerprint density at radius 1 is 1.06 bits per heavy atom. The third-order valence-corrected chi connectivity index (χ3v) is 6.34. The lowest BCUT2D eigenvalue weighted by molar-refractivity contribution is -0.127. The first-order valence-corrected chi connectivity index (χ1v) is 11.7. The van der Waals surface area contributed by atoms with Gasteiger partial charge in [-0.3, -0.25) is 14.5 Å². The van der Waals surface area contributed by atoms with Gasteiger partial charge in [-0.25, -0.2) is 9.07 Å². The van der Waals surface area contributed by atoms with Crippen molar-refractivity contribution in [3.8, 4) is 0 Å². The fraction of sp³-hybridized carbons (Fsp3) is 0.120. The molecule has 0 saturated carbocycles. The minimum atomic E-state index is -0.988. The number of benzene rings is 2. The first kappa shape index (κ1) is 22.5. The largest absolute Gasteiger partial charge is 0.467 e. The number of carbonyl (C=O) groups is 2. The topological polar surface area (TPSA) is 93.3 Å². The summed E-state index contributed by atoms with van der Waals surface area (Å²) in [4.78, 5) is 29.3. The van der Waals surface area contributed by atoms with E-state index in [1.54, 1.807) is 24.3 Å². The number of para-hydroxylation sites is 1. The van der Waals surface area contributed by atoms with E-state index in [0.717, 1.165) is 0 Å². The van der Waals surface area contributed by atoms with Crippen molar-refractivity contribution in [3.63, 3.8) is 0 Å². The Kier molecular flexibility index (Phi) is 6.36. The summed E-state index contributed by atoms with van der Waals surface area (Å²) in [7, 11) is 0. The van der Waals surface area contributed by atoms with Gasteiger partial charge in [0.05, 0.1) is 18.3 Å². The molecular formula is C25H20FN5O3S. The molecule has 0 aliphatic rings. The zero-order valence-corrected chi connectivity index (χ0v) is 19.2. The maximum absolute atomic E-state index is 13.8. The molecule has 1 N–H and O–H groups in total. The number of aromatic nitrogens is 3. The number of fused-ring (bicyclic) bond motifs is 1. The van der Waals surface area contributed by atoms with E-state index in [4.69, 9.17) is 4.42 Å². The van der Waals surface area contributed by atoms with Crippen LogP contribution < -0.4 is 10.2 Å². The Hall–Kier alpha value is -4.31. The van der Waals surface area contributed by atoms with Crippen molar-refractivity contribution in [2.75, 3.05) is 4.90 Å². The van der Waals surface area contributed by atoms with Gasteiger partial charge in [-0.2, -0.15) is 0 Å². The highest BCUT2D eigenvalue weighted by Crippen LogP contribution is 2.31. The summed E-state index contributed by atoms with van der Waals surface area (Å²) in [5, 5.41) is 12.9. The Bertz CT molecular complexity index is 1430. The fourth-order valence-electron chi connectivity index (χ4n) is 3.78. The molecule has 0 fully saturated rings. The number of amides is 2. The van der Waals surface area contributed by atoms with E-state index >= 15 is 0 Å². The van der Waals surface area contributed by atoms with Crippen molar-refractivity contribution in [2.45, 2.75) is 19.1 Å². The predicted octanol–water partition coefficient (Wildman–Crippen LogP) is 4.32. The second-order valence-corrected chi connectivity index (χ2v) is 8.67. The van der Waals surface area contributed by atoms with Crippen molar-refractivity contribution in [2.24, 2.45) is 0 Å². The Labute approximate surface area is 203 Å². The van der Waals surface area contributed by atoms with Crippen LogP contribution in [0.1, 0.15) is 16.7 Å². The van der Waals surface area contributed by atoms with E-state index in [9.17, 15) is 14.0 Å². The Balaban J connectivity index is 1.51. The molecule has 2 aromatic carbocycles. The van der Waals surface area contributed by atoms with Crippen molar-refractivity contribution in [1.29, 1.82) is 0 Å². The lowest BCUT2D eigenvalue weighted by atomic mass is 10.1. The van der Waals surface area contributed by atoms with Crippen LogP contribution in [0, 0.1) is 5.82 Å². The van der Waals surface area contributed by atoms with Crippen molar-refractivity contribution >= 4 is 39.9 Å². The van der Waals surface area contributed by atoms with Crippen LogP contribution in [0.2, 0.25) is 0 Å². The SMILES string of the molecule is O=C(NCc1ccco1)C(c1cccs1)N(C(=O)Cn1nnc2ccccc21)c1ccc(F)cc1. The van der Waals surface area contributed by atoms with E-state index in [1.165, 1.54) is 51.4 Å². The summed E-state index contributed by atoms with van der Waals surface area (Å²) >= 11 is 1.35. The van der Waals surface area contributed by atoms with E-state index in [2.05, 4.69) is 15.6 Å². The van der Waals surface area contributed by atoms with Crippen LogP contribution in [0.15, 0.2) is 88.9 Å². The fourth-order valence-corrected chi connectivity index (χ4v) is 4.59. The van der Waals surface area contributed by atoms with Gasteiger partial charge in [0.2, 0.25) is 11.8 Å². The van der Waals surface area contributed by atoms with Crippen LogP contribution in [-0.2, 0) is 22.7 Å². The summed E-state index contributed by atoms with van der Waals surface area (Å²) in [5.41, 5.74) is 1.72. The maximum atomic E-state index is 13.8. The number of hydrogen-bond acceptors (Lipinski definition) is 6. The van der Waals surface area contributed by atoms with Gasteiger partial charge in [-0.05, 0) is 60.0 Å². The monoisotopic (exact) mass is 489 g/mol. The molecule has 0 saturated heterocycles. The molecule has 1 atom stereocenters. The normalized spacial score (nSPS) is 11.9. The van der Waals surface area contributed by atoms with E-state index in [-0.39, 0.29) is 13.1 Å². The molecule has 10 heteroatoms. The lowest BCUT2D eigenvalue weighted by Gasteiger charge is -2.30. The average Bonchev–Trinajstić information content (AvgIpc) is 3.65. The molecular weight excluding hydrogens is 469 g/mol. The molecule has 176 valence electrons. The molecule has 0 radical (unpaired) electrons. The number of carbonyl (C=O) groups excluding carboxylic acids is 2. The van der Waals surface area contributed by atoms with Crippen molar-refractivity contribution < 1.29 is 18.4 Å². The molecule has 35 heavy (non-hydrogen) atoms. The van der Waals surface area contributed by atoms with Crippen LogP contribution in [0.25, 0.3) is 11.0 Å². The molecule has 3 heterocycles. The third kappa shape index (κ3) is 4.82. The number of furan rings is 1. The smallest absolute Gasteiger partial charge is 0.249 e. The molecule has 0 spiro atoms.